The van der Waals surface area contributed by atoms with Crippen molar-refractivity contribution in [1.82, 2.24) is 0 Å². The standard InChI is InChI=1S/C37H67/c1-4-5-6-7-8-9-10-11-12-13-14-15-16-17-18-19-20-21-22-23-24-25-26-27-29-36-30-28-31-37(34-36)33-32-35(2)3/h28,30-32,34-35H,4-27,29,33H2,1-3H3. The van der Waals surface area contributed by atoms with Gasteiger partial charge in [-0.25, -0.2) is 0 Å². The second kappa shape index (κ2) is 26.8. The second-order valence-corrected chi connectivity index (χ2v) is 12.4. The Labute approximate surface area is 235 Å². The minimum absolute atomic E-state index is 0.678. The maximum absolute atomic E-state index is 2.43. The Hall–Kier alpha value is -0.780. The van der Waals surface area contributed by atoms with Crippen LogP contribution in [0.1, 0.15) is 186 Å². The van der Waals surface area contributed by atoms with E-state index in [9.17, 15) is 0 Å². The van der Waals surface area contributed by atoms with Crippen LogP contribution in [0.2, 0.25) is 0 Å². The summed E-state index contributed by atoms with van der Waals surface area (Å²) in [6.45, 7) is 6.84. The molecule has 0 bridgehead atoms. The molecule has 0 saturated carbocycles. The maximum atomic E-state index is 2.43. The number of aryl methyl sites for hydroxylation is 1. The van der Waals surface area contributed by atoms with Crippen molar-refractivity contribution in [2.24, 2.45) is 5.92 Å². The molecule has 0 heteroatoms. The highest BCUT2D eigenvalue weighted by molar-refractivity contribution is 5.24. The smallest absolute Gasteiger partial charge is 0.0245 e. The molecular formula is C37H67. The molecule has 0 aromatic heterocycles. The quantitative estimate of drug-likeness (QED) is 0.0981. The summed E-state index contributed by atoms with van der Waals surface area (Å²) in [6, 6.07) is 9.27. The third-order valence-corrected chi connectivity index (χ3v) is 8.14. The highest BCUT2D eigenvalue weighted by Crippen LogP contribution is 2.17. The van der Waals surface area contributed by atoms with Crippen molar-refractivity contribution >= 4 is 0 Å². The Morgan fingerprint density at radius 3 is 1.22 bits per heavy atom. The minimum atomic E-state index is 0.678. The molecule has 1 aromatic rings. The topological polar surface area (TPSA) is 0 Å². The average Bonchev–Trinajstić information content (AvgIpc) is 2.90. The highest BCUT2D eigenvalue weighted by atomic mass is 14.1. The fraction of sp³-hybridized carbons (Fsp3) is 0.811. The third kappa shape index (κ3) is 24.0. The van der Waals surface area contributed by atoms with Gasteiger partial charge in [0, 0.05) is 0 Å². The maximum Gasteiger partial charge on any atom is -0.0245 e. The Bertz CT molecular complexity index is 571. The van der Waals surface area contributed by atoms with E-state index in [0.29, 0.717) is 5.92 Å². The van der Waals surface area contributed by atoms with Crippen molar-refractivity contribution in [3.63, 3.8) is 0 Å². The lowest BCUT2D eigenvalue weighted by Crippen LogP contribution is -1.95. The van der Waals surface area contributed by atoms with Crippen molar-refractivity contribution in [1.29, 1.82) is 0 Å². The molecule has 0 nitrogen and oxygen atoms in total. The lowest BCUT2D eigenvalue weighted by Gasteiger charge is -2.07. The highest BCUT2D eigenvalue weighted by Gasteiger charge is 2.00. The second-order valence-electron chi connectivity index (χ2n) is 12.4. The fourth-order valence-electron chi connectivity index (χ4n) is 5.58. The van der Waals surface area contributed by atoms with Gasteiger partial charge in [0.25, 0.3) is 0 Å². The third-order valence-electron chi connectivity index (χ3n) is 8.14. The van der Waals surface area contributed by atoms with E-state index in [2.05, 4.69) is 51.5 Å². The molecule has 0 spiro atoms. The van der Waals surface area contributed by atoms with Crippen molar-refractivity contribution in [3.8, 4) is 0 Å². The van der Waals surface area contributed by atoms with Gasteiger partial charge in [-0.1, -0.05) is 193 Å². The molecule has 0 unspecified atom stereocenters. The van der Waals surface area contributed by atoms with Gasteiger partial charge in [0.1, 0.15) is 0 Å². The van der Waals surface area contributed by atoms with Gasteiger partial charge in [-0.15, -0.1) is 0 Å². The van der Waals surface area contributed by atoms with Crippen LogP contribution in [0.5, 0.6) is 0 Å². The number of hydrogen-bond donors (Lipinski definition) is 0. The Morgan fingerprint density at radius 2 is 0.838 bits per heavy atom. The first kappa shape index (κ1) is 34.2. The number of unbranched alkanes of at least 4 members (excludes halogenated alkanes) is 23. The summed E-state index contributed by atoms with van der Waals surface area (Å²) in [6.07, 6.45) is 39.9. The molecule has 0 aliphatic rings. The zero-order valence-electron chi connectivity index (χ0n) is 25.8. The molecule has 0 aliphatic carbocycles. The molecule has 0 fully saturated rings. The SMILES string of the molecule is CCCCCCCCCCCCCCCCCCCCCCCCCCc1cccc(C[CH]C(C)C)c1. The van der Waals surface area contributed by atoms with Crippen LogP contribution in [0, 0.1) is 12.3 Å². The predicted octanol–water partition coefficient (Wildman–Crippen LogP) is 13.0. The van der Waals surface area contributed by atoms with E-state index in [0.717, 1.165) is 6.42 Å². The van der Waals surface area contributed by atoms with Gasteiger partial charge >= 0.3 is 0 Å². The molecule has 0 aliphatic heterocycles. The zero-order valence-corrected chi connectivity index (χ0v) is 25.8. The molecule has 0 saturated heterocycles. The van der Waals surface area contributed by atoms with Crippen LogP contribution in [0.25, 0.3) is 0 Å². The van der Waals surface area contributed by atoms with Crippen LogP contribution in [0.4, 0.5) is 0 Å². The van der Waals surface area contributed by atoms with Gasteiger partial charge in [-0.3, -0.25) is 0 Å². The number of rotatable bonds is 28. The van der Waals surface area contributed by atoms with E-state index < -0.39 is 0 Å². The average molecular weight is 512 g/mol. The Morgan fingerprint density at radius 1 is 0.486 bits per heavy atom. The van der Waals surface area contributed by atoms with Crippen LogP contribution in [0.15, 0.2) is 24.3 Å². The van der Waals surface area contributed by atoms with Gasteiger partial charge < -0.3 is 0 Å². The van der Waals surface area contributed by atoms with Crippen molar-refractivity contribution in [2.75, 3.05) is 0 Å². The van der Waals surface area contributed by atoms with Gasteiger partial charge in [0.15, 0.2) is 0 Å². The molecule has 0 N–H and O–H groups in total. The number of hydrogen-bond acceptors (Lipinski definition) is 0. The van der Waals surface area contributed by atoms with Crippen molar-refractivity contribution < 1.29 is 0 Å². The van der Waals surface area contributed by atoms with E-state index in [1.165, 1.54) is 172 Å². The van der Waals surface area contributed by atoms with Crippen molar-refractivity contribution in [3.05, 3.63) is 41.8 Å². The fourth-order valence-corrected chi connectivity index (χ4v) is 5.58. The first-order chi connectivity index (χ1) is 18.2. The molecule has 37 heavy (non-hydrogen) atoms. The van der Waals surface area contributed by atoms with Gasteiger partial charge in [0.05, 0.1) is 0 Å². The summed E-state index contributed by atoms with van der Waals surface area (Å²) >= 11 is 0. The molecule has 1 aromatic carbocycles. The largest absolute Gasteiger partial charge is 0.0654 e. The lowest BCUT2D eigenvalue weighted by atomic mass is 9.98. The Balaban J connectivity index is 1.74. The van der Waals surface area contributed by atoms with E-state index >= 15 is 0 Å². The molecule has 215 valence electrons. The summed E-state index contributed by atoms with van der Waals surface area (Å²) < 4.78 is 0. The summed E-state index contributed by atoms with van der Waals surface area (Å²) in [7, 11) is 0. The first-order valence-electron chi connectivity index (χ1n) is 17.1. The van der Waals surface area contributed by atoms with Gasteiger partial charge in [-0.05, 0) is 42.7 Å². The van der Waals surface area contributed by atoms with E-state index in [1.54, 1.807) is 0 Å². The predicted molar refractivity (Wildman–Crippen MR) is 169 cm³/mol. The van der Waals surface area contributed by atoms with Crippen LogP contribution in [0.3, 0.4) is 0 Å². The lowest BCUT2D eigenvalue weighted by molar-refractivity contribution is 0.517. The molecule has 1 rings (SSSR count). The van der Waals surface area contributed by atoms with Gasteiger partial charge in [-0.2, -0.15) is 0 Å². The monoisotopic (exact) mass is 512 g/mol. The minimum Gasteiger partial charge on any atom is -0.0654 e. The summed E-state index contributed by atoms with van der Waals surface area (Å²) in [5, 5.41) is 0. The van der Waals surface area contributed by atoms with Crippen LogP contribution in [-0.4, -0.2) is 0 Å². The van der Waals surface area contributed by atoms with Gasteiger partial charge in [0.2, 0.25) is 0 Å². The molecular weight excluding hydrogens is 444 g/mol. The summed E-state index contributed by atoms with van der Waals surface area (Å²) in [4.78, 5) is 0. The summed E-state index contributed by atoms with van der Waals surface area (Å²) in [5.74, 6) is 0.678. The normalized spacial score (nSPS) is 11.6. The van der Waals surface area contributed by atoms with Crippen LogP contribution in [-0.2, 0) is 12.8 Å². The number of benzene rings is 1. The van der Waals surface area contributed by atoms with E-state index in [-0.39, 0.29) is 0 Å². The van der Waals surface area contributed by atoms with E-state index in [1.807, 2.05) is 0 Å². The van der Waals surface area contributed by atoms with Crippen molar-refractivity contribution in [2.45, 2.75) is 188 Å². The first-order valence-corrected chi connectivity index (χ1v) is 17.1. The van der Waals surface area contributed by atoms with E-state index in [4.69, 9.17) is 0 Å². The zero-order chi connectivity index (χ0) is 26.7. The summed E-state index contributed by atoms with van der Waals surface area (Å²) in [5.41, 5.74) is 3.02. The Kier molecular flexibility index (Phi) is 24.8. The molecule has 0 heterocycles. The molecule has 0 atom stereocenters. The molecule has 1 radical (unpaired) electrons. The molecule has 0 amide bonds. The van der Waals surface area contributed by atoms with Crippen LogP contribution < -0.4 is 0 Å². The van der Waals surface area contributed by atoms with Crippen LogP contribution >= 0.6 is 0 Å².